The van der Waals surface area contributed by atoms with E-state index < -0.39 is 0 Å². The second-order valence-electron chi connectivity index (χ2n) is 4.99. The Labute approximate surface area is 101 Å². The van der Waals surface area contributed by atoms with Crippen molar-refractivity contribution >= 4 is 0 Å². The summed E-state index contributed by atoms with van der Waals surface area (Å²) in [4.78, 5) is 4.68. The Balaban J connectivity index is 2.03. The Hall–Kier alpha value is -1.64. The molecule has 0 spiro atoms. The molecule has 0 aliphatic carbocycles. The van der Waals surface area contributed by atoms with Crippen molar-refractivity contribution in [3.63, 3.8) is 0 Å². The summed E-state index contributed by atoms with van der Waals surface area (Å²) >= 11 is 0. The first-order valence-electron chi connectivity index (χ1n) is 6.24. The average Bonchev–Trinajstić information content (AvgIpc) is 2.72. The van der Waals surface area contributed by atoms with Crippen LogP contribution in [0.2, 0.25) is 0 Å². The number of hydrogen-bond acceptors (Lipinski definition) is 2. The summed E-state index contributed by atoms with van der Waals surface area (Å²) in [6.45, 7) is 5.40. The lowest BCUT2D eigenvalue weighted by atomic mass is 10.0. The molecule has 1 aromatic heterocycles. The topological polar surface area (TPSA) is 30.7 Å². The van der Waals surface area contributed by atoms with Gasteiger partial charge in [0.25, 0.3) is 0 Å². The number of hydrogen-bond donors (Lipinski definition) is 0. The van der Waals surface area contributed by atoms with E-state index in [-0.39, 0.29) is 0 Å². The van der Waals surface area contributed by atoms with Crippen molar-refractivity contribution in [2.75, 3.05) is 0 Å². The van der Waals surface area contributed by atoms with Gasteiger partial charge in [0.15, 0.2) is 5.82 Å². The van der Waals surface area contributed by atoms with Gasteiger partial charge in [-0.15, -0.1) is 0 Å². The highest BCUT2D eigenvalue weighted by Crippen LogP contribution is 2.24. The van der Waals surface area contributed by atoms with E-state index in [0.717, 1.165) is 36.1 Å². The minimum absolute atomic E-state index is 0.733. The summed E-state index contributed by atoms with van der Waals surface area (Å²) in [5, 5.41) is 4.62. The van der Waals surface area contributed by atoms with Gasteiger partial charge in [-0.3, -0.25) is 0 Å². The van der Waals surface area contributed by atoms with Gasteiger partial charge in [-0.25, -0.2) is 9.67 Å². The molecule has 0 amide bonds. The number of benzene rings is 1. The highest BCUT2D eigenvalue weighted by atomic mass is 15.3. The zero-order chi connectivity index (χ0) is 11.8. The van der Waals surface area contributed by atoms with Crippen molar-refractivity contribution < 1.29 is 0 Å². The van der Waals surface area contributed by atoms with Crippen LogP contribution in [0.4, 0.5) is 0 Å². The van der Waals surface area contributed by atoms with Crippen molar-refractivity contribution in [2.45, 2.75) is 33.2 Å². The number of aromatic nitrogens is 3. The van der Waals surface area contributed by atoms with Crippen LogP contribution in [-0.4, -0.2) is 14.8 Å². The lowest BCUT2D eigenvalue weighted by molar-refractivity contribution is 0.386. The van der Waals surface area contributed by atoms with Gasteiger partial charge in [0.2, 0.25) is 0 Å². The molecule has 0 N–H and O–H groups in total. The van der Waals surface area contributed by atoms with E-state index in [4.69, 9.17) is 0 Å². The molecule has 2 aromatic rings. The lowest BCUT2D eigenvalue weighted by Gasteiger charge is -2.17. The molecule has 88 valence electrons. The number of nitrogens with zero attached hydrogens (tertiary/aromatic N) is 3. The van der Waals surface area contributed by atoms with E-state index in [1.54, 1.807) is 0 Å². The molecule has 3 rings (SSSR count). The first kappa shape index (κ1) is 10.5. The minimum atomic E-state index is 0.733. The Kier molecular flexibility index (Phi) is 2.46. The van der Waals surface area contributed by atoms with Gasteiger partial charge >= 0.3 is 0 Å². The molecular formula is C14H17N3. The van der Waals surface area contributed by atoms with E-state index in [1.807, 2.05) is 6.07 Å². The number of aryl methyl sites for hydroxylation is 2. The Morgan fingerprint density at radius 3 is 2.94 bits per heavy atom. The molecule has 0 bridgehead atoms. The molecule has 0 saturated carbocycles. The molecule has 0 saturated heterocycles. The van der Waals surface area contributed by atoms with Crippen LogP contribution in [-0.2, 0) is 13.0 Å². The second-order valence-corrected chi connectivity index (χ2v) is 4.99. The van der Waals surface area contributed by atoms with Crippen LogP contribution in [0, 0.1) is 12.8 Å². The van der Waals surface area contributed by atoms with Crippen LogP contribution < -0.4 is 0 Å². The SMILES string of the molecule is Cc1ccccc1-c1nc2n(n1)CCC(C)C2. The van der Waals surface area contributed by atoms with Gasteiger partial charge in [0.05, 0.1) is 0 Å². The molecule has 3 nitrogen and oxygen atoms in total. The predicted molar refractivity (Wildman–Crippen MR) is 67.7 cm³/mol. The third-order valence-electron chi connectivity index (χ3n) is 3.50. The van der Waals surface area contributed by atoms with Crippen molar-refractivity contribution in [1.29, 1.82) is 0 Å². The van der Waals surface area contributed by atoms with Gasteiger partial charge in [0.1, 0.15) is 5.82 Å². The van der Waals surface area contributed by atoms with Gasteiger partial charge in [0, 0.05) is 18.5 Å². The quantitative estimate of drug-likeness (QED) is 0.750. The van der Waals surface area contributed by atoms with Gasteiger partial charge in [-0.05, 0) is 24.8 Å². The molecular weight excluding hydrogens is 210 g/mol. The maximum Gasteiger partial charge on any atom is 0.181 e. The van der Waals surface area contributed by atoms with Crippen molar-refractivity contribution in [2.24, 2.45) is 5.92 Å². The fourth-order valence-electron chi connectivity index (χ4n) is 2.40. The number of fused-ring (bicyclic) bond motifs is 1. The lowest BCUT2D eigenvalue weighted by Crippen LogP contribution is -2.18. The first-order valence-corrected chi connectivity index (χ1v) is 6.24. The maximum atomic E-state index is 4.68. The smallest absolute Gasteiger partial charge is 0.181 e. The summed E-state index contributed by atoms with van der Waals surface area (Å²) in [5.41, 5.74) is 2.39. The third kappa shape index (κ3) is 1.86. The van der Waals surface area contributed by atoms with Gasteiger partial charge in [-0.1, -0.05) is 31.2 Å². The van der Waals surface area contributed by atoms with E-state index in [9.17, 15) is 0 Å². The highest BCUT2D eigenvalue weighted by Gasteiger charge is 2.19. The molecule has 1 unspecified atom stereocenters. The number of rotatable bonds is 1. The highest BCUT2D eigenvalue weighted by molar-refractivity contribution is 5.59. The standard InChI is InChI=1S/C14H17N3/c1-10-7-8-17-13(9-10)15-14(16-17)12-6-4-3-5-11(12)2/h3-6,10H,7-9H2,1-2H3. The molecule has 1 aromatic carbocycles. The average molecular weight is 227 g/mol. The van der Waals surface area contributed by atoms with Gasteiger partial charge < -0.3 is 0 Å². The fraction of sp³-hybridized carbons (Fsp3) is 0.429. The molecule has 1 aliphatic rings. The molecule has 0 fully saturated rings. The molecule has 17 heavy (non-hydrogen) atoms. The first-order chi connectivity index (χ1) is 8.24. The van der Waals surface area contributed by atoms with Crippen LogP contribution in [0.15, 0.2) is 24.3 Å². The van der Waals surface area contributed by atoms with Crippen LogP contribution in [0.25, 0.3) is 11.4 Å². The molecule has 2 heterocycles. The largest absolute Gasteiger partial charge is 0.249 e. The Morgan fingerprint density at radius 1 is 1.29 bits per heavy atom. The molecule has 0 radical (unpaired) electrons. The van der Waals surface area contributed by atoms with E-state index >= 15 is 0 Å². The zero-order valence-corrected chi connectivity index (χ0v) is 10.3. The van der Waals surface area contributed by atoms with Gasteiger partial charge in [-0.2, -0.15) is 5.10 Å². The third-order valence-corrected chi connectivity index (χ3v) is 3.50. The van der Waals surface area contributed by atoms with Crippen LogP contribution in [0.3, 0.4) is 0 Å². The maximum absolute atomic E-state index is 4.68. The molecule has 3 heteroatoms. The second kappa shape index (κ2) is 3.99. The summed E-state index contributed by atoms with van der Waals surface area (Å²) < 4.78 is 2.07. The predicted octanol–water partition coefficient (Wildman–Crippen LogP) is 2.84. The molecule has 1 aliphatic heterocycles. The zero-order valence-electron chi connectivity index (χ0n) is 10.3. The molecule has 1 atom stereocenters. The normalized spacial score (nSPS) is 19.1. The minimum Gasteiger partial charge on any atom is -0.249 e. The Morgan fingerprint density at radius 2 is 2.12 bits per heavy atom. The summed E-state index contributed by atoms with van der Waals surface area (Å²) in [6, 6.07) is 8.31. The van der Waals surface area contributed by atoms with E-state index in [2.05, 4.69) is 46.8 Å². The monoisotopic (exact) mass is 227 g/mol. The summed E-state index contributed by atoms with van der Waals surface area (Å²) in [5.74, 6) is 2.76. The van der Waals surface area contributed by atoms with Crippen LogP contribution >= 0.6 is 0 Å². The van der Waals surface area contributed by atoms with Crippen molar-refractivity contribution in [1.82, 2.24) is 14.8 Å². The Bertz CT molecular complexity index is 542. The fourth-order valence-corrected chi connectivity index (χ4v) is 2.40. The van der Waals surface area contributed by atoms with Crippen LogP contribution in [0.1, 0.15) is 24.7 Å². The van der Waals surface area contributed by atoms with Crippen molar-refractivity contribution in [3.8, 4) is 11.4 Å². The van der Waals surface area contributed by atoms with E-state index in [0.29, 0.717) is 0 Å². The summed E-state index contributed by atoms with van der Waals surface area (Å²) in [6.07, 6.45) is 2.27. The van der Waals surface area contributed by atoms with E-state index in [1.165, 1.54) is 12.0 Å². The summed E-state index contributed by atoms with van der Waals surface area (Å²) in [7, 11) is 0. The van der Waals surface area contributed by atoms with Crippen LogP contribution in [0.5, 0.6) is 0 Å². The van der Waals surface area contributed by atoms with Crippen molar-refractivity contribution in [3.05, 3.63) is 35.7 Å².